The smallest absolute Gasteiger partial charge is 0.248 e. The summed E-state index contributed by atoms with van der Waals surface area (Å²) < 4.78 is 26.7. The van der Waals surface area contributed by atoms with E-state index in [1.807, 2.05) is 25.1 Å². The fourth-order valence-corrected chi connectivity index (χ4v) is 3.38. The van der Waals surface area contributed by atoms with Gasteiger partial charge in [0.2, 0.25) is 5.92 Å². The summed E-state index contributed by atoms with van der Waals surface area (Å²) in [6, 6.07) is 5.65. The molecule has 0 spiro atoms. The van der Waals surface area contributed by atoms with Crippen LogP contribution in [0.1, 0.15) is 36.8 Å². The van der Waals surface area contributed by atoms with E-state index in [9.17, 15) is 8.78 Å². The second kappa shape index (κ2) is 4.78. The second-order valence-electron chi connectivity index (χ2n) is 5.27. The Kier molecular flexibility index (Phi) is 3.65. The van der Waals surface area contributed by atoms with Crippen LogP contribution in [0.25, 0.3) is 0 Å². The van der Waals surface area contributed by atoms with Crippen molar-refractivity contribution in [1.29, 1.82) is 0 Å². The Morgan fingerprint density at radius 1 is 1.22 bits per heavy atom. The number of hydrogen-bond acceptors (Lipinski definition) is 1. The molecule has 0 unspecified atom stereocenters. The van der Waals surface area contributed by atoms with E-state index in [4.69, 9.17) is 17.3 Å². The molecule has 1 aliphatic carbocycles. The second-order valence-corrected chi connectivity index (χ2v) is 5.68. The Morgan fingerprint density at radius 3 is 2.33 bits per heavy atom. The number of alkyl halides is 2. The van der Waals surface area contributed by atoms with Gasteiger partial charge in [0.15, 0.2) is 0 Å². The monoisotopic (exact) mass is 273 g/mol. The molecule has 1 aromatic carbocycles. The summed E-state index contributed by atoms with van der Waals surface area (Å²) in [4.78, 5) is 0. The molecule has 2 rings (SSSR count). The first-order chi connectivity index (χ1) is 8.40. The molecule has 18 heavy (non-hydrogen) atoms. The van der Waals surface area contributed by atoms with Crippen LogP contribution in [0.5, 0.6) is 0 Å². The van der Waals surface area contributed by atoms with Crippen LogP contribution in [0.3, 0.4) is 0 Å². The lowest BCUT2D eigenvalue weighted by atomic mass is 9.67. The summed E-state index contributed by atoms with van der Waals surface area (Å²) in [5.74, 6) is -2.55. The molecule has 0 amide bonds. The van der Waals surface area contributed by atoms with Gasteiger partial charge in [0.1, 0.15) is 0 Å². The molecule has 100 valence electrons. The Hall–Kier alpha value is -0.670. The van der Waals surface area contributed by atoms with Crippen molar-refractivity contribution in [3.05, 3.63) is 34.3 Å². The largest absolute Gasteiger partial charge is 0.330 e. The highest BCUT2D eigenvalue weighted by Crippen LogP contribution is 2.47. The zero-order chi connectivity index (χ0) is 13.4. The lowest BCUT2D eigenvalue weighted by Gasteiger charge is -2.41. The Labute approximate surface area is 111 Å². The van der Waals surface area contributed by atoms with Gasteiger partial charge >= 0.3 is 0 Å². The zero-order valence-corrected chi connectivity index (χ0v) is 11.2. The van der Waals surface area contributed by atoms with Crippen LogP contribution in [0.2, 0.25) is 5.02 Å². The summed E-state index contributed by atoms with van der Waals surface area (Å²) >= 11 is 6.26. The lowest BCUT2D eigenvalue weighted by Crippen LogP contribution is -2.42. The van der Waals surface area contributed by atoms with Crippen LogP contribution in [-0.4, -0.2) is 12.5 Å². The fraction of sp³-hybridized carbons (Fsp3) is 0.571. The molecule has 1 fully saturated rings. The van der Waals surface area contributed by atoms with Crippen molar-refractivity contribution < 1.29 is 8.78 Å². The van der Waals surface area contributed by atoms with Crippen LogP contribution in [0.4, 0.5) is 8.78 Å². The third-order valence-electron chi connectivity index (χ3n) is 4.08. The summed E-state index contributed by atoms with van der Waals surface area (Å²) in [7, 11) is 0. The molecule has 0 saturated heterocycles. The molecular formula is C14H18ClF2N. The molecule has 0 aromatic heterocycles. The number of aryl methyl sites for hydroxylation is 1. The van der Waals surface area contributed by atoms with Gasteiger partial charge in [-0.3, -0.25) is 0 Å². The molecule has 1 nitrogen and oxygen atoms in total. The minimum atomic E-state index is -2.55. The molecule has 0 atom stereocenters. The van der Waals surface area contributed by atoms with Gasteiger partial charge in [-0.05, 0) is 37.0 Å². The van der Waals surface area contributed by atoms with Gasteiger partial charge in [-0.25, -0.2) is 8.78 Å². The van der Waals surface area contributed by atoms with Crippen molar-refractivity contribution >= 4 is 11.6 Å². The first-order valence-electron chi connectivity index (χ1n) is 6.24. The topological polar surface area (TPSA) is 26.0 Å². The van der Waals surface area contributed by atoms with Gasteiger partial charge < -0.3 is 5.73 Å². The predicted molar refractivity (Wildman–Crippen MR) is 70.3 cm³/mol. The van der Waals surface area contributed by atoms with E-state index in [-0.39, 0.29) is 18.3 Å². The first kappa shape index (κ1) is 13.8. The van der Waals surface area contributed by atoms with Crippen LogP contribution < -0.4 is 5.73 Å². The van der Waals surface area contributed by atoms with Crippen molar-refractivity contribution in [3.63, 3.8) is 0 Å². The van der Waals surface area contributed by atoms with E-state index in [2.05, 4.69) is 0 Å². The summed E-state index contributed by atoms with van der Waals surface area (Å²) in [5.41, 5.74) is 7.51. The Balaban J connectivity index is 2.40. The number of rotatable bonds is 2. The van der Waals surface area contributed by atoms with Crippen molar-refractivity contribution in [2.24, 2.45) is 5.73 Å². The summed E-state index contributed by atoms with van der Waals surface area (Å²) in [6.45, 7) is 2.33. The average Bonchev–Trinajstić information content (AvgIpc) is 2.31. The molecular weight excluding hydrogens is 256 g/mol. The number of halogens is 3. The van der Waals surface area contributed by atoms with Crippen LogP contribution in [-0.2, 0) is 5.41 Å². The zero-order valence-electron chi connectivity index (χ0n) is 10.5. The fourth-order valence-electron chi connectivity index (χ4n) is 2.95. The van der Waals surface area contributed by atoms with Gasteiger partial charge in [0.05, 0.1) is 0 Å². The maximum absolute atomic E-state index is 13.3. The SMILES string of the molecule is Cc1cccc(Cl)c1C1(CN)CCC(F)(F)CC1. The predicted octanol–water partition coefficient (Wildman–Crippen LogP) is 4.05. The van der Waals surface area contributed by atoms with Crippen LogP contribution >= 0.6 is 11.6 Å². The van der Waals surface area contributed by atoms with Crippen molar-refractivity contribution in [2.75, 3.05) is 6.54 Å². The first-order valence-corrected chi connectivity index (χ1v) is 6.61. The molecule has 0 radical (unpaired) electrons. The Bertz CT molecular complexity index is 415. The molecule has 1 aliphatic rings. The van der Waals surface area contributed by atoms with Gasteiger partial charge in [0, 0.05) is 29.8 Å². The van der Waals surface area contributed by atoms with Crippen molar-refractivity contribution in [2.45, 2.75) is 43.9 Å². The minimum absolute atomic E-state index is 0.102. The molecule has 1 aromatic rings. The lowest BCUT2D eigenvalue weighted by molar-refractivity contribution is -0.0509. The van der Waals surface area contributed by atoms with E-state index >= 15 is 0 Å². The van der Waals surface area contributed by atoms with E-state index in [1.54, 1.807) is 0 Å². The average molecular weight is 274 g/mol. The summed E-state index contributed by atoms with van der Waals surface area (Å²) in [6.07, 6.45) is 0.603. The third kappa shape index (κ3) is 2.39. The minimum Gasteiger partial charge on any atom is -0.330 e. The Morgan fingerprint density at radius 2 is 1.83 bits per heavy atom. The van der Waals surface area contributed by atoms with Gasteiger partial charge in [-0.1, -0.05) is 23.7 Å². The van der Waals surface area contributed by atoms with Crippen LogP contribution in [0.15, 0.2) is 18.2 Å². The van der Waals surface area contributed by atoms with E-state index < -0.39 is 5.92 Å². The van der Waals surface area contributed by atoms with Gasteiger partial charge in [-0.15, -0.1) is 0 Å². The van der Waals surface area contributed by atoms with E-state index in [0.29, 0.717) is 24.4 Å². The van der Waals surface area contributed by atoms with E-state index in [1.165, 1.54) is 0 Å². The highest BCUT2D eigenvalue weighted by atomic mass is 35.5. The third-order valence-corrected chi connectivity index (χ3v) is 4.40. The number of benzene rings is 1. The normalized spacial score (nSPS) is 21.8. The van der Waals surface area contributed by atoms with Crippen LogP contribution in [0, 0.1) is 6.92 Å². The van der Waals surface area contributed by atoms with Gasteiger partial charge in [-0.2, -0.15) is 0 Å². The van der Waals surface area contributed by atoms with Crippen molar-refractivity contribution in [3.8, 4) is 0 Å². The van der Waals surface area contributed by atoms with E-state index in [0.717, 1.165) is 11.1 Å². The maximum Gasteiger partial charge on any atom is 0.248 e. The molecule has 4 heteroatoms. The molecule has 0 heterocycles. The quantitative estimate of drug-likeness (QED) is 0.864. The standard InChI is InChI=1S/C14H18ClF2N/c1-10-3-2-4-11(15)12(10)13(9-18)5-7-14(16,17)8-6-13/h2-4H,5-9,18H2,1H3. The number of nitrogens with two attached hydrogens (primary N) is 1. The highest BCUT2D eigenvalue weighted by Gasteiger charge is 2.44. The van der Waals surface area contributed by atoms with Gasteiger partial charge in [0.25, 0.3) is 0 Å². The molecule has 2 N–H and O–H groups in total. The molecule has 0 aliphatic heterocycles. The highest BCUT2D eigenvalue weighted by molar-refractivity contribution is 6.31. The molecule has 0 bridgehead atoms. The number of hydrogen-bond donors (Lipinski definition) is 1. The molecule has 1 saturated carbocycles. The van der Waals surface area contributed by atoms with Crippen molar-refractivity contribution in [1.82, 2.24) is 0 Å². The maximum atomic E-state index is 13.3. The summed E-state index contributed by atoms with van der Waals surface area (Å²) in [5, 5.41) is 0.644.